The van der Waals surface area contributed by atoms with Crippen molar-refractivity contribution in [1.82, 2.24) is 9.55 Å². The lowest BCUT2D eigenvalue weighted by Crippen LogP contribution is -2.21. The van der Waals surface area contributed by atoms with E-state index < -0.39 is 0 Å². The van der Waals surface area contributed by atoms with Gasteiger partial charge < -0.3 is 0 Å². The minimum absolute atomic E-state index is 0.102. The predicted molar refractivity (Wildman–Crippen MR) is 83.9 cm³/mol. The summed E-state index contributed by atoms with van der Waals surface area (Å²) in [5.41, 5.74) is 1.99. The number of rotatable bonds is 2. The zero-order valence-corrected chi connectivity index (χ0v) is 12.9. The van der Waals surface area contributed by atoms with Crippen molar-refractivity contribution in [1.29, 1.82) is 0 Å². The lowest BCUT2D eigenvalue weighted by molar-refractivity contribution is 0.616. The molecule has 0 spiro atoms. The molecule has 0 radical (unpaired) electrons. The average Bonchev–Trinajstić information content (AvgIpc) is 2.46. The molecule has 3 rings (SSSR count). The van der Waals surface area contributed by atoms with Gasteiger partial charge in [-0.2, -0.15) is 0 Å². The van der Waals surface area contributed by atoms with E-state index in [9.17, 15) is 9.18 Å². The molecule has 106 valence electrons. The molecule has 0 N–H and O–H groups in total. The number of aromatic nitrogens is 2. The SMILES string of the molecule is Cc1cc(Cn2cnc3cc(Br)ccc3c2=O)ccc1F. The number of hydrogen-bond acceptors (Lipinski definition) is 2. The van der Waals surface area contributed by atoms with Crippen LogP contribution in [-0.4, -0.2) is 9.55 Å². The van der Waals surface area contributed by atoms with Crippen molar-refractivity contribution in [2.24, 2.45) is 0 Å². The van der Waals surface area contributed by atoms with Gasteiger partial charge in [-0.3, -0.25) is 9.36 Å². The van der Waals surface area contributed by atoms with E-state index in [2.05, 4.69) is 20.9 Å². The first kappa shape index (κ1) is 13.9. The molecule has 0 atom stereocenters. The van der Waals surface area contributed by atoms with Crippen molar-refractivity contribution in [2.45, 2.75) is 13.5 Å². The lowest BCUT2D eigenvalue weighted by Gasteiger charge is -2.08. The maximum Gasteiger partial charge on any atom is 0.261 e. The summed E-state index contributed by atoms with van der Waals surface area (Å²) in [6.45, 7) is 2.08. The van der Waals surface area contributed by atoms with Gasteiger partial charge in [0.05, 0.1) is 23.8 Å². The zero-order chi connectivity index (χ0) is 15.0. The van der Waals surface area contributed by atoms with Crippen LogP contribution in [0.1, 0.15) is 11.1 Å². The van der Waals surface area contributed by atoms with Crippen molar-refractivity contribution in [3.63, 3.8) is 0 Å². The summed E-state index contributed by atoms with van der Waals surface area (Å²) in [7, 11) is 0. The van der Waals surface area contributed by atoms with E-state index >= 15 is 0 Å². The molecular weight excluding hydrogens is 335 g/mol. The molecule has 0 saturated heterocycles. The molecule has 5 heteroatoms. The van der Waals surface area contributed by atoms with Crippen LogP contribution in [0.15, 0.2) is 52.0 Å². The molecule has 0 unspecified atom stereocenters. The Morgan fingerprint density at radius 3 is 2.81 bits per heavy atom. The van der Waals surface area contributed by atoms with Gasteiger partial charge in [0.15, 0.2) is 0 Å². The maximum atomic E-state index is 13.3. The maximum absolute atomic E-state index is 13.3. The second-order valence-corrected chi connectivity index (χ2v) is 5.84. The van der Waals surface area contributed by atoms with Gasteiger partial charge in [-0.1, -0.05) is 28.1 Å². The highest BCUT2D eigenvalue weighted by atomic mass is 79.9. The van der Waals surface area contributed by atoms with Gasteiger partial charge in [0.25, 0.3) is 5.56 Å². The van der Waals surface area contributed by atoms with Crippen LogP contribution < -0.4 is 5.56 Å². The van der Waals surface area contributed by atoms with Crippen LogP contribution in [0.4, 0.5) is 4.39 Å². The van der Waals surface area contributed by atoms with Crippen molar-refractivity contribution in [3.8, 4) is 0 Å². The zero-order valence-electron chi connectivity index (χ0n) is 11.3. The van der Waals surface area contributed by atoms with Crippen LogP contribution in [0.3, 0.4) is 0 Å². The van der Waals surface area contributed by atoms with Crippen molar-refractivity contribution >= 4 is 26.8 Å². The summed E-state index contributed by atoms with van der Waals surface area (Å²) < 4.78 is 15.7. The van der Waals surface area contributed by atoms with Gasteiger partial charge >= 0.3 is 0 Å². The van der Waals surface area contributed by atoms with Crippen LogP contribution in [0.2, 0.25) is 0 Å². The Hall–Kier alpha value is -2.01. The standard InChI is InChI=1S/C16H12BrFN2O/c1-10-6-11(2-5-14(10)18)8-20-9-19-15-7-12(17)3-4-13(15)16(20)21/h2-7,9H,8H2,1H3. The van der Waals surface area contributed by atoms with Crippen molar-refractivity contribution in [2.75, 3.05) is 0 Å². The Balaban J connectivity index is 2.05. The molecule has 1 aromatic heterocycles. The third-order valence-electron chi connectivity index (χ3n) is 3.36. The molecule has 0 saturated carbocycles. The molecule has 3 aromatic rings. The molecule has 0 aliphatic rings. The monoisotopic (exact) mass is 346 g/mol. The molecule has 0 aliphatic heterocycles. The van der Waals surface area contributed by atoms with Gasteiger partial charge in [0.2, 0.25) is 0 Å². The molecule has 3 nitrogen and oxygen atoms in total. The Morgan fingerprint density at radius 2 is 2.05 bits per heavy atom. The first-order valence-electron chi connectivity index (χ1n) is 6.44. The van der Waals surface area contributed by atoms with Crippen LogP contribution >= 0.6 is 15.9 Å². The largest absolute Gasteiger partial charge is 0.294 e. The number of aryl methyl sites for hydroxylation is 1. The van der Waals surface area contributed by atoms with Crippen LogP contribution in [-0.2, 0) is 6.54 Å². The fourth-order valence-electron chi connectivity index (χ4n) is 2.25. The second-order valence-electron chi connectivity index (χ2n) is 4.92. The van der Waals surface area contributed by atoms with Crippen LogP contribution in [0.5, 0.6) is 0 Å². The van der Waals surface area contributed by atoms with E-state index in [0.717, 1.165) is 10.0 Å². The number of hydrogen-bond donors (Lipinski definition) is 0. The molecule has 0 amide bonds. The second kappa shape index (κ2) is 5.41. The summed E-state index contributed by atoms with van der Waals surface area (Å²) >= 11 is 3.36. The molecular formula is C16H12BrFN2O. The smallest absolute Gasteiger partial charge is 0.261 e. The number of fused-ring (bicyclic) bond motifs is 1. The first-order chi connectivity index (χ1) is 10.0. The van der Waals surface area contributed by atoms with E-state index in [1.807, 2.05) is 12.1 Å². The van der Waals surface area contributed by atoms with Gasteiger partial charge in [0.1, 0.15) is 5.82 Å². The van der Waals surface area contributed by atoms with Crippen molar-refractivity contribution in [3.05, 3.63) is 74.5 Å². The molecule has 21 heavy (non-hydrogen) atoms. The van der Waals surface area contributed by atoms with Crippen LogP contribution in [0, 0.1) is 12.7 Å². The number of benzene rings is 2. The van der Waals surface area contributed by atoms with Crippen LogP contribution in [0.25, 0.3) is 10.9 Å². The topological polar surface area (TPSA) is 34.9 Å². The number of halogens is 2. The quantitative estimate of drug-likeness (QED) is 0.709. The Bertz CT molecular complexity index is 889. The predicted octanol–water partition coefficient (Wildman–Crippen LogP) is 3.65. The first-order valence-corrected chi connectivity index (χ1v) is 7.23. The minimum Gasteiger partial charge on any atom is -0.294 e. The summed E-state index contributed by atoms with van der Waals surface area (Å²) in [4.78, 5) is 16.7. The minimum atomic E-state index is -0.243. The van der Waals surface area contributed by atoms with E-state index in [-0.39, 0.29) is 11.4 Å². The highest BCUT2D eigenvalue weighted by molar-refractivity contribution is 9.10. The molecule has 1 heterocycles. The summed E-state index contributed by atoms with van der Waals surface area (Å²) in [6.07, 6.45) is 1.52. The summed E-state index contributed by atoms with van der Waals surface area (Å²) in [6, 6.07) is 10.2. The van der Waals surface area contributed by atoms with Gasteiger partial charge in [0, 0.05) is 4.47 Å². The summed E-state index contributed by atoms with van der Waals surface area (Å²) in [5.74, 6) is -0.243. The fraction of sp³-hybridized carbons (Fsp3) is 0.125. The Labute approximate surface area is 129 Å². The van der Waals surface area contributed by atoms with Gasteiger partial charge in [-0.05, 0) is 42.3 Å². The normalized spacial score (nSPS) is 11.0. The van der Waals surface area contributed by atoms with Crippen molar-refractivity contribution < 1.29 is 4.39 Å². The van der Waals surface area contributed by atoms with E-state index in [0.29, 0.717) is 23.0 Å². The van der Waals surface area contributed by atoms with E-state index in [4.69, 9.17) is 0 Å². The molecule has 0 aliphatic carbocycles. The Morgan fingerprint density at radius 1 is 1.24 bits per heavy atom. The van der Waals surface area contributed by atoms with E-state index in [1.54, 1.807) is 25.1 Å². The average molecular weight is 347 g/mol. The van der Waals surface area contributed by atoms with Gasteiger partial charge in [-0.15, -0.1) is 0 Å². The molecule has 0 bridgehead atoms. The van der Waals surface area contributed by atoms with Gasteiger partial charge in [-0.25, -0.2) is 9.37 Å². The number of nitrogens with zero attached hydrogens (tertiary/aromatic N) is 2. The molecule has 2 aromatic carbocycles. The lowest BCUT2D eigenvalue weighted by atomic mass is 10.1. The third-order valence-corrected chi connectivity index (χ3v) is 3.86. The fourth-order valence-corrected chi connectivity index (χ4v) is 2.59. The van der Waals surface area contributed by atoms with E-state index in [1.165, 1.54) is 17.0 Å². The highest BCUT2D eigenvalue weighted by Gasteiger charge is 2.06. The highest BCUT2D eigenvalue weighted by Crippen LogP contribution is 2.15. The Kier molecular flexibility index (Phi) is 3.59. The third kappa shape index (κ3) is 2.74. The summed E-state index contributed by atoms with van der Waals surface area (Å²) in [5, 5.41) is 0.569. The molecule has 0 fully saturated rings.